The fourth-order valence-electron chi connectivity index (χ4n) is 2.10. The van der Waals surface area contributed by atoms with E-state index in [4.69, 9.17) is 0 Å². The number of fused-ring (bicyclic) bond motifs is 1. The highest BCUT2D eigenvalue weighted by atomic mass is 16.2. The Balaban J connectivity index is 2.21. The second-order valence-corrected chi connectivity index (χ2v) is 4.47. The summed E-state index contributed by atoms with van der Waals surface area (Å²) >= 11 is 0. The number of carbonyl (C=O) groups is 1. The molecule has 0 aromatic heterocycles. The molecule has 1 aromatic rings. The lowest BCUT2D eigenvalue weighted by Crippen LogP contribution is -2.31. The molecule has 2 nitrogen and oxygen atoms in total. The zero-order chi connectivity index (χ0) is 12.1. The van der Waals surface area contributed by atoms with Crippen LogP contribution in [-0.4, -0.2) is 17.4 Å². The summed E-state index contributed by atoms with van der Waals surface area (Å²) in [4.78, 5) is 13.9. The maximum atomic E-state index is 12.0. The Labute approximate surface area is 103 Å². The Morgan fingerprint density at radius 3 is 2.94 bits per heavy atom. The lowest BCUT2D eigenvalue weighted by molar-refractivity contribution is -0.131. The standard InChI is InChI=1S/C15H19NO/c1-2-3-11-16-12-14-8-5-4-7-13(14)9-6-10-15(16)17/h4-9H,2-3,10-12H2,1H3/b9-6-. The van der Waals surface area contributed by atoms with Gasteiger partial charge in [-0.2, -0.15) is 0 Å². The van der Waals surface area contributed by atoms with Crippen LogP contribution in [0.5, 0.6) is 0 Å². The van der Waals surface area contributed by atoms with Crippen molar-refractivity contribution in [2.24, 2.45) is 0 Å². The molecule has 0 atom stereocenters. The molecule has 0 bridgehead atoms. The maximum Gasteiger partial charge on any atom is 0.226 e. The van der Waals surface area contributed by atoms with Crippen LogP contribution in [0.15, 0.2) is 30.3 Å². The van der Waals surface area contributed by atoms with Crippen molar-refractivity contribution in [1.29, 1.82) is 0 Å². The summed E-state index contributed by atoms with van der Waals surface area (Å²) in [5.41, 5.74) is 2.48. The Hall–Kier alpha value is -1.57. The predicted octanol–water partition coefficient (Wildman–Crippen LogP) is 3.23. The van der Waals surface area contributed by atoms with Crippen LogP contribution < -0.4 is 0 Å². The molecule has 0 radical (unpaired) electrons. The topological polar surface area (TPSA) is 20.3 Å². The summed E-state index contributed by atoms with van der Waals surface area (Å²) in [5, 5.41) is 0. The van der Waals surface area contributed by atoms with Crippen molar-refractivity contribution in [3.05, 3.63) is 41.5 Å². The number of benzene rings is 1. The van der Waals surface area contributed by atoms with E-state index in [2.05, 4.69) is 25.1 Å². The molecular formula is C15H19NO. The van der Waals surface area contributed by atoms with Crippen molar-refractivity contribution in [3.63, 3.8) is 0 Å². The van der Waals surface area contributed by atoms with Crippen molar-refractivity contribution < 1.29 is 4.79 Å². The summed E-state index contributed by atoms with van der Waals surface area (Å²) in [5.74, 6) is 0.240. The molecule has 1 heterocycles. The monoisotopic (exact) mass is 229 g/mol. The molecule has 0 fully saturated rings. The van der Waals surface area contributed by atoms with Gasteiger partial charge in [-0.3, -0.25) is 4.79 Å². The first-order valence-corrected chi connectivity index (χ1v) is 6.33. The molecule has 1 aromatic carbocycles. The van der Waals surface area contributed by atoms with E-state index in [0.717, 1.165) is 25.9 Å². The maximum absolute atomic E-state index is 12.0. The van der Waals surface area contributed by atoms with Gasteiger partial charge in [-0.05, 0) is 17.5 Å². The van der Waals surface area contributed by atoms with Crippen LogP contribution in [0.25, 0.3) is 6.08 Å². The molecule has 0 unspecified atom stereocenters. The van der Waals surface area contributed by atoms with Crippen molar-refractivity contribution in [2.75, 3.05) is 6.54 Å². The van der Waals surface area contributed by atoms with Crippen molar-refractivity contribution in [1.82, 2.24) is 4.90 Å². The first kappa shape index (κ1) is 11.9. The second-order valence-electron chi connectivity index (χ2n) is 4.47. The third kappa shape index (κ3) is 2.96. The Morgan fingerprint density at radius 1 is 1.29 bits per heavy atom. The zero-order valence-electron chi connectivity index (χ0n) is 10.4. The summed E-state index contributed by atoms with van der Waals surface area (Å²) in [6.07, 6.45) is 6.76. The Morgan fingerprint density at radius 2 is 2.12 bits per heavy atom. The van der Waals surface area contributed by atoms with E-state index in [9.17, 15) is 4.79 Å². The van der Waals surface area contributed by atoms with Gasteiger partial charge in [0.05, 0.1) is 0 Å². The quantitative estimate of drug-likeness (QED) is 0.779. The normalized spacial score (nSPS) is 17.2. The minimum Gasteiger partial charge on any atom is -0.338 e. The van der Waals surface area contributed by atoms with Gasteiger partial charge in [-0.1, -0.05) is 49.8 Å². The van der Waals surface area contributed by atoms with Gasteiger partial charge in [0.2, 0.25) is 5.91 Å². The minimum atomic E-state index is 0.240. The van der Waals surface area contributed by atoms with Crippen LogP contribution in [0.2, 0.25) is 0 Å². The minimum absolute atomic E-state index is 0.240. The SMILES string of the molecule is CCCCN1Cc2ccccc2/C=C\CC1=O. The Kier molecular flexibility index (Phi) is 3.97. The van der Waals surface area contributed by atoms with Gasteiger partial charge in [0.15, 0.2) is 0 Å². The molecule has 0 saturated heterocycles. The van der Waals surface area contributed by atoms with E-state index in [0.29, 0.717) is 6.42 Å². The zero-order valence-corrected chi connectivity index (χ0v) is 10.4. The second kappa shape index (κ2) is 5.67. The van der Waals surface area contributed by atoms with Gasteiger partial charge >= 0.3 is 0 Å². The van der Waals surface area contributed by atoms with E-state index >= 15 is 0 Å². The highest BCUT2D eigenvalue weighted by Gasteiger charge is 2.15. The number of carbonyl (C=O) groups excluding carboxylic acids is 1. The van der Waals surface area contributed by atoms with E-state index in [1.165, 1.54) is 11.1 Å². The summed E-state index contributed by atoms with van der Waals surface area (Å²) in [7, 11) is 0. The van der Waals surface area contributed by atoms with Crippen LogP contribution in [0.4, 0.5) is 0 Å². The molecule has 17 heavy (non-hydrogen) atoms. The summed E-state index contributed by atoms with van der Waals surface area (Å²) in [6.45, 7) is 3.78. The van der Waals surface area contributed by atoms with Gasteiger partial charge in [-0.25, -0.2) is 0 Å². The van der Waals surface area contributed by atoms with Gasteiger partial charge in [-0.15, -0.1) is 0 Å². The van der Waals surface area contributed by atoms with E-state index in [1.807, 2.05) is 23.1 Å². The average molecular weight is 229 g/mol. The molecule has 2 rings (SSSR count). The number of hydrogen-bond donors (Lipinski definition) is 0. The highest BCUT2D eigenvalue weighted by molar-refractivity contribution is 5.79. The van der Waals surface area contributed by atoms with Gasteiger partial charge < -0.3 is 4.90 Å². The van der Waals surface area contributed by atoms with E-state index < -0.39 is 0 Å². The largest absolute Gasteiger partial charge is 0.338 e. The van der Waals surface area contributed by atoms with Gasteiger partial charge in [0.25, 0.3) is 0 Å². The van der Waals surface area contributed by atoms with Crippen molar-refractivity contribution >= 4 is 12.0 Å². The fraction of sp³-hybridized carbons (Fsp3) is 0.400. The average Bonchev–Trinajstić information content (AvgIpc) is 2.33. The lowest BCUT2D eigenvalue weighted by Gasteiger charge is -2.24. The number of hydrogen-bond acceptors (Lipinski definition) is 1. The molecule has 1 amide bonds. The third-order valence-electron chi connectivity index (χ3n) is 3.14. The molecule has 1 aliphatic rings. The molecule has 0 spiro atoms. The number of amides is 1. The molecule has 0 saturated carbocycles. The number of unbranched alkanes of at least 4 members (excludes halogenated alkanes) is 1. The first-order valence-electron chi connectivity index (χ1n) is 6.33. The number of nitrogens with zero attached hydrogens (tertiary/aromatic N) is 1. The molecule has 1 aliphatic heterocycles. The first-order chi connectivity index (χ1) is 8.31. The van der Waals surface area contributed by atoms with Gasteiger partial charge in [0, 0.05) is 19.5 Å². The summed E-state index contributed by atoms with van der Waals surface area (Å²) < 4.78 is 0. The molecule has 0 aliphatic carbocycles. The molecule has 2 heteroatoms. The molecule has 90 valence electrons. The summed E-state index contributed by atoms with van der Waals surface area (Å²) in [6, 6.07) is 8.30. The fourth-order valence-corrected chi connectivity index (χ4v) is 2.10. The molecule has 0 N–H and O–H groups in total. The van der Waals surface area contributed by atoms with Crippen LogP contribution >= 0.6 is 0 Å². The predicted molar refractivity (Wildman–Crippen MR) is 70.4 cm³/mol. The van der Waals surface area contributed by atoms with Crippen molar-refractivity contribution in [2.45, 2.75) is 32.7 Å². The van der Waals surface area contributed by atoms with E-state index in [-0.39, 0.29) is 5.91 Å². The number of rotatable bonds is 3. The highest BCUT2D eigenvalue weighted by Crippen LogP contribution is 2.17. The van der Waals surface area contributed by atoms with E-state index in [1.54, 1.807) is 0 Å². The van der Waals surface area contributed by atoms with Crippen molar-refractivity contribution in [3.8, 4) is 0 Å². The lowest BCUT2D eigenvalue weighted by atomic mass is 10.0. The van der Waals surface area contributed by atoms with Crippen LogP contribution in [-0.2, 0) is 11.3 Å². The third-order valence-corrected chi connectivity index (χ3v) is 3.14. The van der Waals surface area contributed by atoms with Crippen LogP contribution in [0.3, 0.4) is 0 Å². The van der Waals surface area contributed by atoms with Crippen LogP contribution in [0, 0.1) is 0 Å². The smallest absolute Gasteiger partial charge is 0.226 e. The van der Waals surface area contributed by atoms with Crippen LogP contribution in [0.1, 0.15) is 37.3 Å². The Bertz CT molecular complexity index is 423. The van der Waals surface area contributed by atoms with Gasteiger partial charge in [0.1, 0.15) is 0 Å². The molecular weight excluding hydrogens is 210 g/mol.